The first-order valence-corrected chi connectivity index (χ1v) is 9.28. The van der Waals surface area contributed by atoms with Gasteiger partial charge in [0.05, 0.1) is 25.4 Å². The number of ether oxygens (including phenoxy) is 2. The van der Waals surface area contributed by atoms with Gasteiger partial charge in [-0.25, -0.2) is 9.50 Å². The fourth-order valence-electron chi connectivity index (χ4n) is 3.49. The Morgan fingerprint density at radius 1 is 1.00 bits per heavy atom. The molecule has 0 bridgehead atoms. The summed E-state index contributed by atoms with van der Waals surface area (Å²) in [5.74, 6) is 2.46. The van der Waals surface area contributed by atoms with Crippen molar-refractivity contribution >= 4 is 22.4 Å². The Morgan fingerprint density at radius 2 is 1.79 bits per heavy atom. The maximum Gasteiger partial charge on any atom is 0.160 e. The summed E-state index contributed by atoms with van der Waals surface area (Å²) < 4.78 is 12.7. The number of rotatable bonds is 6. The molecule has 0 atom stereocenters. The number of aryl methyl sites for hydroxylation is 1. The molecule has 0 aliphatic carbocycles. The molecule has 28 heavy (non-hydrogen) atoms. The Balaban J connectivity index is 1.64. The van der Waals surface area contributed by atoms with Crippen molar-refractivity contribution in [2.75, 3.05) is 32.7 Å². The number of benzene rings is 2. The number of anilines is 1. The molecule has 6 heteroatoms. The van der Waals surface area contributed by atoms with Gasteiger partial charge in [-0.05, 0) is 43.2 Å². The minimum absolute atomic E-state index is 0.744. The lowest BCUT2D eigenvalue weighted by atomic mass is 10.1. The average molecular weight is 376 g/mol. The monoisotopic (exact) mass is 376 g/mol. The molecule has 2 aromatic heterocycles. The van der Waals surface area contributed by atoms with E-state index in [-0.39, 0.29) is 0 Å². The third kappa shape index (κ3) is 3.22. The van der Waals surface area contributed by atoms with E-state index < -0.39 is 0 Å². The predicted molar refractivity (Wildman–Crippen MR) is 112 cm³/mol. The highest BCUT2D eigenvalue weighted by Gasteiger charge is 2.13. The standard InChI is InChI=1S/C22H24N4O2/c1-15-13-21-23-22(17-7-5-6-8-18(17)26(21)24-15)25(2)12-11-16-9-10-19(27-3)20(14-16)28-4/h5-10,13-14H,11-12H2,1-4H3. The van der Waals surface area contributed by atoms with Crippen LogP contribution in [0.1, 0.15) is 11.3 Å². The van der Waals surface area contributed by atoms with Crippen LogP contribution in [-0.4, -0.2) is 42.4 Å². The lowest BCUT2D eigenvalue weighted by Gasteiger charge is -2.20. The van der Waals surface area contributed by atoms with Gasteiger partial charge in [-0.15, -0.1) is 0 Å². The minimum Gasteiger partial charge on any atom is -0.493 e. The van der Waals surface area contributed by atoms with E-state index in [9.17, 15) is 0 Å². The SMILES string of the molecule is COc1ccc(CCN(C)c2nc3cc(C)nn3c3ccccc23)cc1OC. The molecule has 2 heterocycles. The number of fused-ring (bicyclic) bond motifs is 3. The van der Waals surface area contributed by atoms with Crippen LogP contribution in [0.15, 0.2) is 48.5 Å². The van der Waals surface area contributed by atoms with E-state index in [1.54, 1.807) is 14.2 Å². The highest BCUT2D eigenvalue weighted by molar-refractivity contribution is 5.91. The number of likely N-dealkylation sites (N-methyl/N-ethyl adjacent to an activating group) is 1. The van der Waals surface area contributed by atoms with Gasteiger partial charge in [0.15, 0.2) is 17.1 Å². The average Bonchev–Trinajstić information content (AvgIpc) is 3.11. The third-order valence-corrected chi connectivity index (χ3v) is 4.95. The van der Waals surface area contributed by atoms with Gasteiger partial charge in [0.1, 0.15) is 5.82 Å². The molecule has 0 spiro atoms. The van der Waals surface area contributed by atoms with Gasteiger partial charge >= 0.3 is 0 Å². The van der Waals surface area contributed by atoms with Crippen LogP contribution in [0.25, 0.3) is 16.6 Å². The van der Waals surface area contributed by atoms with Gasteiger partial charge in [0.25, 0.3) is 0 Å². The Hall–Kier alpha value is -3.28. The maximum atomic E-state index is 5.42. The molecule has 0 saturated heterocycles. The lowest BCUT2D eigenvalue weighted by molar-refractivity contribution is 0.354. The predicted octanol–water partition coefficient (Wildman–Crippen LogP) is 3.89. The molecule has 0 aliphatic heterocycles. The van der Waals surface area contributed by atoms with E-state index in [1.165, 1.54) is 5.56 Å². The molecule has 0 saturated carbocycles. The Bertz CT molecular complexity index is 1140. The molecule has 0 radical (unpaired) electrons. The van der Waals surface area contributed by atoms with Gasteiger partial charge in [-0.1, -0.05) is 18.2 Å². The molecule has 0 amide bonds. The van der Waals surface area contributed by atoms with Crippen molar-refractivity contribution in [3.05, 3.63) is 59.8 Å². The van der Waals surface area contributed by atoms with E-state index >= 15 is 0 Å². The molecule has 0 N–H and O–H groups in total. The first-order valence-electron chi connectivity index (χ1n) is 9.28. The van der Waals surface area contributed by atoms with Gasteiger partial charge < -0.3 is 14.4 Å². The fraction of sp³-hybridized carbons (Fsp3) is 0.273. The van der Waals surface area contributed by atoms with E-state index in [2.05, 4.69) is 35.2 Å². The summed E-state index contributed by atoms with van der Waals surface area (Å²) in [6.45, 7) is 2.82. The first kappa shape index (κ1) is 18.1. The zero-order chi connectivity index (χ0) is 19.7. The second kappa shape index (κ2) is 7.38. The summed E-state index contributed by atoms with van der Waals surface area (Å²) in [6.07, 6.45) is 0.871. The number of aromatic nitrogens is 3. The number of para-hydroxylation sites is 1. The van der Waals surface area contributed by atoms with Gasteiger partial charge in [0.2, 0.25) is 0 Å². The van der Waals surface area contributed by atoms with Crippen molar-refractivity contribution in [1.82, 2.24) is 14.6 Å². The lowest BCUT2D eigenvalue weighted by Crippen LogP contribution is -2.22. The van der Waals surface area contributed by atoms with E-state index in [0.717, 1.165) is 52.5 Å². The van der Waals surface area contributed by atoms with Crippen molar-refractivity contribution in [1.29, 1.82) is 0 Å². The maximum absolute atomic E-state index is 5.42. The molecule has 144 valence electrons. The Morgan fingerprint density at radius 3 is 2.57 bits per heavy atom. The summed E-state index contributed by atoms with van der Waals surface area (Å²) in [7, 11) is 5.39. The molecular weight excluding hydrogens is 352 g/mol. The van der Waals surface area contributed by atoms with Crippen LogP contribution >= 0.6 is 0 Å². The van der Waals surface area contributed by atoms with Crippen LogP contribution in [0, 0.1) is 6.92 Å². The second-order valence-corrected chi connectivity index (χ2v) is 6.87. The summed E-state index contributed by atoms with van der Waals surface area (Å²) in [4.78, 5) is 7.08. The molecular formula is C22H24N4O2. The number of hydrogen-bond acceptors (Lipinski definition) is 5. The molecule has 2 aromatic carbocycles. The number of methoxy groups -OCH3 is 2. The van der Waals surface area contributed by atoms with E-state index in [4.69, 9.17) is 14.5 Å². The van der Waals surface area contributed by atoms with Gasteiger partial charge in [-0.3, -0.25) is 0 Å². The minimum atomic E-state index is 0.744. The van der Waals surface area contributed by atoms with Crippen molar-refractivity contribution in [3.63, 3.8) is 0 Å². The molecule has 0 unspecified atom stereocenters. The van der Waals surface area contributed by atoms with Gasteiger partial charge in [-0.2, -0.15) is 5.10 Å². The van der Waals surface area contributed by atoms with Crippen LogP contribution < -0.4 is 14.4 Å². The Labute approximate surface area is 164 Å². The van der Waals surface area contributed by atoms with Crippen LogP contribution in [0.5, 0.6) is 11.5 Å². The van der Waals surface area contributed by atoms with Gasteiger partial charge in [0, 0.05) is 25.0 Å². The second-order valence-electron chi connectivity index (χ2n) is 6.87. The number of hydrogen-bond donors (Lipinski definition) is 0. The van der Waals surface area contributed by atoms with E-state index in [1.807, 2.05) is 41.8 Å². The van der Waals surface area contributed by atoms with Crippen LogP contribution in [-0.2, 0) is 6.42 Å². The summed E-state index contributed by atoms with van der Waals surface area (Å²) in [5, 5.41) is 5.67. The Kier molecular flexibility index (Phi) is 4.77. The fourth-order valence-corrected chi connectivity index (χ4v) is 3.49. The highest BCUT2D eigenvalue weighted by atomic mass is 16.5. The van der Waals surface area contributed by atoms with Crippen molar-refractivity contribution in [2.24, 2.45) is 0 Å². The van der Waals surface area contributed by atoms with Crippen molar-refractivity contribution < 1.29 is 9.47 Å². The van der Waals surface area contributed by atoms with Crippen LogP contribution in [0.4, 0.5) is 5.82 Å². The molecule has 0 aliphatic rings. The molecule has 4 rings (SSSR count). The quantitative estimate of drug-likeness (QED) is 0.511. The molecule has 4 aromatic rings. The largest absolute Gasteiger partial charge is 0.493 e. The summed E-state index contributed by atoms with van der Waals surface area (Å²) in [6, 6.07) is 16.3. The normalized spacial score (nSPS) is 11.1. The van der Waals surface area contributed by atoms with Crippen LogP contribution in [0.2, 0.25) is 0 Å². The summed E-state index contributed by atoms with van der Waals surface area (Å²) >= 11 is 0. The van der Waals surface area contributed by atoms with Crippen LogP contribution in [0.3, 0.4) is 0 Å². The first-order chi connectivity index (χ1) is 13.6. The van der Waals surface area contributed by atoms with Crippen molar-refractivity contribution in [2.45, 2.75) is 13.3 Å². The van der Waals surface area contributed by atoms with Crippen molar-refractivity contribution in [3.8, 4) is 11.5 Å². The third-order valence-electron chi connectivity index (χ3n) is 4.95. The van der Waals surface area contributed by atoms with E-state index in [0.29, 0.717) is 0 Å². The zero-order valence-corrected chi connectivity index (χ0v) is 16.6. The molecule has 0 fully saturated rings. The number of nitrogens with zero attached hydrogens (tertiary/aromatic N) is 4. The molecule has 6 nitrogen and oxygen atoms in total. The highest BCUT2D eigenvalue weighted by Crippen LogP contribution is 2.29. The smallest absolute Gasteiger partial charge is 0.160 e. The zero-order valence-electron chi connectivity index (χ0n) is 16.6. The summed E-state index contributed by atoms with van der Waals surface area (Å²) in [5.41, 5.74) is 4.08. The topological polar surface area (TPSA) is 51.9 Å².